The number of nitrogens with two attached hydrogens (primary N) is 1. The second-order valence-corrected chi connectivity index (χ2v) is 6.95. The molecule has 0 aliphatic rings. The summed E-state index contributed by atoms with van der Waals surface area (Å²) in [6.45, 7) is 0.219. The molecule has 3 rings (SSSR count). The molecule has 0 unspecified atom stereocenters. The standard InChI is InChI=1S/C17H14ClN7O2S/c18-13-3-1-2-4-14(13)28-10-16(26)25(9-15-23-24-17(20)27-15)8-12-6-5-11(7-19)21-22-12/h1-6H,8-10H2,(H2,20,24). The first-order chi connectivity index (χ1) is 13.5. The lowest BCUT2D eigenvalue weighted by molar-refractivity contribution is -0.130. The van der Waals surface area contributed by atoms with E-state index in [2.05, 4.69) is 20.4 Å². The van der Waals surface area contributed by atoms with Crippen molar-refractivity contribution in [2.75, 3.05) is 11.5 Å². The van der Waals surface area contributed by atoms with Gasteiger partial charge in [-0.1, -0.05) is 28.8 Å². The molecule has 0 aliphatic heterocycles. The molecule has 9 nitrogen and oxygen atoms in total. The van der Waals surface area contributed by atoms with Crippen molar-refractivity contribution >= 4 is 35.3 Å². The van der Waals surface area contributed by atoms with Crippen LogP contribution in [0.3, 0.4) is 0 Å². The molecule has 0 atom stereocenters. The number of nitrogens with zero attached hydrogens (tertiary/aromatic N) is 6. The van der Waals surface area contributed by atoms with Gasteiger partial charge in [-0.2, -0.15) is 10.4 Å². The lowest BCUT2D eigenvalue weighted by atomic mass is 10.3. The summed E-state index contributed by atoms with van der Waals surface area (Å²) in [5.74, 6) is 0.167. The highest BCUT2D eigenvalue weighted by Gasteiger charge is 2.19. The maximum Gasteiger partial charge on any atom is 0.312 e. The summed E-state index contributed by atoms with van der Waals surface area (Å²) in [6, 6.07) is 12.3. The topological polar surface area (TPSA) is 135 Å². The van der Waals surface area contributed by atoms with E-state index in [9.17, 15) is 4.79 Å². The van der Waals surface area contributed by atoms with Crippen LogP contribution in [0.5, 0.6) is 0 Å². The van der Waals surface area contributed by atoms with Crippen LogP contribution in [0.1, 0.15) is 17.3 Å². The molecule has 2 aromatic heterocycles. The predicted molar refractivity (Wildman–Crippen MR) is 102 cm³/mol. The maximum atomic E-state index is 12.8. The molecule has 11 heteroatoms. The van der Waals surface area contributed by atoms with Crippen molar-refractivity contribution in [3.63, 3.8) is 0 Å². The van der Waals surface area contributed by atoms with Crippen LogP contribution in [0.4, 0.5) is 6.01 Å². The number of rotatable bonds is 7. The molecular formula is C17H14ClN7O2S. The molecule has 1 amide bonds. The third-order valence-electron chi connectivity index (χ3n) is 3.54. The first-order valence-electron chi connectivity index (χ1n) is 8.01. The summed E-state index contributed by atoms with van der Waals surface area (Å²) < 4.78 is 5.17. The first-order valence-corrected chi connectivity index (χ1v) is 9.37. The molecule has 0 aliphatic carbocycles. The summed E-state index contributed by atoms with van der Waals surface area (Å²) in [5.41, 5.74) is 6.16. The van der Waals surface area contributed by atoms with E-state index in [4.69, 9.17) is 27.0 Å². The Kier molecular flexibility index (Phi) is 6.41. The maximum absolute atomic E-state index is 12.8. The molecule has 3 aromatic rings. The number of thioether (sulfide) groups is 1. The second-order valence-electron chi connectivity index (χ2n) is 5.52. The number of hydrogen-bond donors (Lipinski definition) is 1. The lowest BCUT2D eigenvalue weighted by Gasteiger charge is -2.20. The fraction of sp³-hybridized carbons (Fsp3) is 0.176. The number of nitriles is 1. The largest absolute Gasteiger partial charge is 0.406 e. The highest BCUT2D eigenvalue weighted by atomic mass is 35.5. The van der Waals surface area contributed by atoms with Crippen molar-refractivity contribution in [2.24, 2.45) is 0 Å². The predicted octanol–water partition coefficient (Wildman–Crippen LogP) is 2.29. The Morgan fingerprint density at radius 3 is 2.64 bits per heavy atom. The third kappa shape index (κ3) is 5.18. The van der Waals surface area contributed by atoms with Crippen LogP contribution in [-0.2, 0) is 17.9 Å². The van der Waals surface area contributed by atoms with Crippen LogP contribution < -0.4 is 5.73 Å². The summed E-state index contributed by atoms with van der Waals surface area (Å²) in [4.78, 5) is 15.1. The van der Waals surface area contributed by atoms with E-state index in [0.717, 1.165) is 4.90 Å². The van der Waals surface area contributed by atoms with Crippen LogP contribution in [0.15, 0.2) is 45.7 Å². The van der Waals surface area contributed by atoms with Gasteiger partial charge >= 0.3 is 6.01 Å². The molecule has 0 saturated heterocycles. The van der Waals surface area contributed by atoms with Crippen LogP contribution >= 0.6 is 23.4 Å². The van der Waals surface area contributed by atoms with E-state index >= 15 is 0 Å². The molecule has 0 bridgehead atoms. The molecule has 1 aromatic carbocycles. The Balaban J connectivity index is 1.73. The number of nitrogen functional groups attached to an aromatic ring is 1. The van der Waals surface area contributed by atoms with Crippen LogP contribution in [0, 0.1) is 11.3 Å². The molecular weight excluding hydrogens is 402 g/mol. The smallest absolute Gasteiger partial charge is 0.312 e. The van der Waals surface area contributed by atoms with Gasteiger partial charge in [-0.15, -0.1) is 22.0 Å². The van der Waals surface area contributed by atoms with Crippen LogP contribution in [-0.4, -0.2) is 37.0 Å². The zero-order chi connectivity index (χ0) is 19.9. The van der Waals surface area contributed by atoms with Crippen LogP contribution in [0.2, 0.25) is 5.02 Å². The molecule has 0 radical (unpaired) electrons. The van der Waals surface area contributed by atoms with Gasteiger partial charge in [0.1, 0.15) is 6.07 Å². The highest BCUT2D eigenvalue weighted by molar-refractivity contribution is 8.00. The fourth-order valence-corrected chi connectivity index (χ4v) is 3.36. The molecule has 2 heterocycles. The van der Waals surface area contributed by atoms with Gasteiger partial charge in [0.25, 0.3) is 0 Å². The number of hydrogen-bond acceptors (Lipinski definition) is 9. The molecule has 0 saturated carbocycles. The van der Waals surface area contributed by atoms with Crippen molar-refractivity contribution in [2.45, 2.75) is 18.0 Å². The molecule has 0 spiro atoms. The summed E-state index contributed by atoms with van der Waals surface area (Å²) in [6.07, 6.45) is 0. The van der Waals surface area contributed by atoms with Gasteiger partial charge in [-0.25, -0.2) is 0 Å². The van der Waals surface area contributed by atoms with E-state index in [1.54, 1.807) is 12.1 Å². The quantitative estimate of drug-likeness (QED) is 0.576. The van der Waals surface area contributed by atoms with Crippen molar-refractivity contribution in [1.29, 1.82) is 5.26 Å². The Hall–Kier alpha value is -3.16. The van der Waals surface area contributed by atoms with E-state index < -0.39 is 0 Å². The number of aromatic nitrogens is 4. The fourth-order valence-electron chi connectivity index (χ4n) is 2.22. The van der Waals surface area contributed by atoms with Gasteiger partial charge < -0.3 is 15.1 Å². The Morgan fingerprint density at radius 2 is 2.00 bits per heavy atom. The van der Waals surface area contributed by atoms with E-state index in [1.165, 1.54) is 22.7 Å². The average molecular weight is 416 g/mol. The highest BCUT2D eigenvalue weighted by Crippen LogP contribution is 2.27. The van der Waals surface area contributed by atoms with Crippen molar-refractivity contribution in [3.8, 4) is 6.07 Å². The monoisotopic (exact) mass is 415 g/mol. The normalized spacial score (nSPS) is 10.4. The number of benzene rings is 1. The van der Waals surface area contributed by atoms with Gasteiger partial charge in [0.15, 0.2) is 5.69 Å². The zero-order valence-electron chi connectivity index (χ0n) is 14.4. The Labute approximate surface area is 169 Å². The number of carbonyl (C=O) groups is 1. The molecule has 0 fully saturated rings. The van der Waals surface area contributed by atoms with E-state index in [-0.39, 0.29) is 42.3 Å². The van der Waals surface area contributed by atoms with E-state index in [1.807, 2.05) is 24.3 Å². The minimum atomic E-state index is -0.187. The minimum Gasteiger partial charge on any atom is -0.406 e. The van der Waals surface area contributed by atoms with Gasteiger partial charge in [-0.05, 0) is 24.3 Å². The second kappa shape index (κ2) is 9.16. The van der Waals surface area contributed by atoms with Gasteiger partial charge in [0, 0.05) is 4.90 Å². The zero-order valence-corrected chi connectivity index (χ0v) is 16.0. The van der Waals surface area contributed by atoms with Gasteiger partial charge in [-0.3, -0.25) is 4.79 Å². The molecule has 2 N–H and O–H groups in total. The van der Waals surface area contributed by atoms with E-state index in [0.29, 0.717) is 10.7 Å². The number of anilines is 1. The van der Waals surface area contributed by atoms with Crippen molar-refractivity contribution < 1.29 is 9.21 Å². The van der Waals surface area contributed by atoms with Crippen molar-refractivity contribution in [3.05, 3.63) is 58.7 Å². The number of amides is 1. The summed E-state index contributed by atoms with van der Waals surface area (Å²) in [5, 5.41) is 24.5. The minimum absolute atomic E-state index is 0.0633. The number of halogens is 1. The summed E-state index contributed by atoms with van der Waals surface area (Å²) >= 11 is 7.46. The Morgan fingerprint density at radius 1 is 1.18 bits per heavy atom. The SMILES string of the molecule is N#Cc1ccc(CN(Cc2nnc(N)o2)C(=O)CSc2ccccc2Cl)nn1. The lowest BCUT2D eigenvalue weighted by Crippen LogP contribution is -2.32. The third-order valence-corrected chi connectivity index (χ3v) is 5.04. The first kappa shape index (κ1) is 19.6. The summed E-state index contributed by atoms with van der Waals surface area (Å²) in [7, 11) is 0. The van der Waals surface area contributed by atoms with Gasteiger partial charge in [0.2, 0.25) is 11.8 Å². The van der Waals surface area contributed by atoms with Gasteiger partial charge in [0.05, 0.1) is 29.6 Å². The van der Waals surface area contributed by atoms with Crippen molar-refractivity contribution in [1.82, 2.24) is 25.3 Å². The van der Waals surface area contributed by atoms with Crippen LogP contribution in [0.25, 0.3) is 0 Å². The molecule has 28 heavy (non-hydrogen) atoms. The average Bonchev–Trinajstić information content (AvgIpc) is 3.12. The Bertz CT molecular complexity index is 1000. The number of carbonyl (C=O) groups excluding carboxylic acids is 1. The molecule has 142 valence electrons.